The first-order chi connectivity index (χ1) is 53.0. The maximum absolute atomic E-state index is 12.1. The predicted octanol–water partition coefficient (Wildman–Crippen LogP) is 30.1. The summed E-state index contributed by atoms with van der Waals surface area (Å²) in [7, 11) is 0. The monoisotopic (exact) mass is 1530 g/mol. The summed E-state index contributed by atoms with van der Waals surface area (Å²) in [6.45, 7) is 49.8. The fourth-order valence-electron chi connectivity index (χ4n) is 32.8. The summed E-state index contributed by atoms with van der Waals surface area (Å²) in [5.74, 6) is 21.0. The number of fused-ring (bicyclic) bond motifs is 20. The SMILES string of the molecule is CC(C)CCCC(C)[C@H]1CCC2C3=CCC4=CC(=O)CC[C@]4(C)C3CC[C@@]21C.CC(C)CCCC(C)[C@H]1CCC2C3=CCC4CC(=O)CC[C@]4(C)C3CC[C@@]21C.CC(C)CCCC(C)[C@H]1CCC2C3C=CC4=CC(=O)CC[C@]4(C)C3CC[C@@]21C.CC(C)CCCC(C)[C@H]1CCC2C3CCC4=CC(=O)CC[C@]4(C)C3CC[C@@]21C. The van der Waals surface area contributed by atoms with Crippen LogP contribution >= 0.6 is 0 Å². The highest BCUT2D eigenvalue weighted by atomic mass is 16.1. The highest BCUT2D eigenvalue weighted by Crippen LogP contribution is 2.72. The van der Waals surface area contributed by atoms with E-state index in [4.69, 9.17) is 0 Å². The van der Waals surface area contributed by atoms with Gasteiger partial charge in [-0.3, -0.25) is 19.2 Å². The Morgan fingerprint density at radius 1 is 0.348 bits per heavy atom. The first-order valence-corrected chi connectivity index (χ1v) is 49.3. The molecule has 0 amide bonds. The van der Waals surface area contributed by atoms with Crippen molar-refractivity contribution in [2.24, 2.45) is 179 Å². The number of carbonyl (C=O) groups is 4. The number of Topliss-reactive ketones (excluding diaryl/α,β-unsaturated/α-hetero) is 1. The molecule has 0 aliphatic heterocycles. The molecule has 0 N–H and O–H groups in total. The van der Waals surface area contributed by atoms with Crippen molar-refractivity contribution in [2.75, 3.05) is 0 Å². The minimum Gasteiger partial charge on any atom is -0.300 e. The fraction of sp³-hybridized carbons (Fsp3) is 0.852. The van der Waals surface area contributed by atoms with Crippen molar-refractivity contribution >= 4 is 23.1 Å². The summed E-state index contributed by atoms with van der Waals surface area (Å²) >= 11 is 0. The van der Waals surface area contributed by atoms with Gasteiger partial charge in [0, 0.05) is 32.1 Å². The van der Waals surface area contributed by atoms with Gasteiger partial charge in [0.15, 0.2) is 17.3 Å². The predicted molar refractivity (Wildman–Crippen MR) is 472 cm³/mol. The zero-order valence-electron chi connectivity index (χ0n) is 76.4. The van der Waals surface area contributed by atoms with Gasteiger partial charge >= 0.3 is 0 Å². The molecule has 0 aromatic rings. The smallest absolute Gasteiger partial charge is 0.156 e. The van der Waals surface area contributed by atoms with Crippen LogP contribution in [0.5, 0.6) is 0 Å². The average molecular weight is 1530 g/mol. The van der Waals surface area contributed by atoms with Gasteiger partial charge in [-0.25, -0.2) is 0 Å². The van der Waals surface area contributed by atoms with Crippen molar-refractivity contribution in [1.29, 1.82) is 0 Å². The molecule has 10 fully saturated rings. The highest BCUT2D eigenvalue weighted by molar-refractivity contribution is 5.93. The number of allylic oxidation sites excluding steroid dienone is 11. The van der Waals surface area contributed by atoms with Crippen molar-refractivity contribution in [3.8, 4) is 0 Å². The van der Waals surface area contributed by atoms with Crippen molar-refractivity contribution < 1.29 is 19.2 Å². The Balaban J connectivity index is 0.000000131. The van der Waals surface area contributed by atoms with Crippen molar-refractivity contribution in [3.05, 3.63) is 70.4 Å². The molecule has 0 aromatic heterocycles. The van der Waals surface area contributed by atoms with Crippen LogP contribution in [0.15, 0.2) is 70.4 Å². The second kappa shape index (κ2) is 34.7. The quantitative estimate of drug-likeness (QED) is 0.114. The van der Waals surface area contributed by atoms with Crippen LogP contribution in [0.4, 0.5) is 0 Å². The summed E-state index contributed by atoms with van der Waals surface area (Å²) in [6.07, 6.45) is 69.0. The third kappa shape index (κ3) is 16.7. The molecule has 0 heterocycles. The maximum atomic E-state index is 12.1. The molecule has 628 valence electrons. The van der Waals surface area contributed by atoms with Crippen LogP contribution in [0.1, 0.15) is 402 Å². The van der Waals surface area contributed by atoms with E-state index < -0.39 is 0 Å². The first-order valence-electron chi connectivity index (χ1n) is 49.3. The second-order valence-corrected chi connectivity index (χ2v) is 47.3. The van der Waals surface area contributed by atoms with E-state index in [2.05, 4.69) is 169 Å². The molecule has 10 saturated carbocycles. The summed E-state index contributed by atoms with van der Waals surface area (Å²) < 4.78 is 0. The third-order valence-corrected chi connectivity index (χ3v) is 39.6. The molecule has 0 aromatic carbocycles. The summed E-state index contributed by atoms with van der Waals surface area (Å²) in [6, 6.07) is 0. The zero-order valence-corrected chi connectivity index (χ0v) is 76.4. The minimum absolute atomic E-state index is 0.246. The molecule has 0 radical (unpaired) electrons. The lowest BCUT2D eigenvalue weighted by Crippen LogP contribution is -2.50. The van der Waals surface area contributed by atoms with E-state index in [1.54, 1.807) is 5.57 Å². The van der Waals surface area contributed by atoms with Crippen LogP contribution in [0, 0.1) is 179 Å². The number of rotatable bonds is 20. The van der Waals surface area contributed by atoms with E-state index in [1.807, 2.05) is 17.7 Å². The zero-order chi connectivity index (χ0) is 80.4. The molecule has 16 aliphatic rings. The van der Waals surface area contributed by atoms with Gasteiger partial charge in [0.05, 0.1) is 0 Å². The number of hydrogen-bond acceptors (Lipinski definition) is 4. The minimum atomic E-state index is 0.246. The summed E-state index contributed by atoms with van der Waals surface area (Å²) in [5.41, 5.74) is 11.4. The number of hydrogen-bond donors (Lipinski definition) is 0. The van der Waals surface area contributed by atoms with E-state index in [0.29, 0.717) is 67.5 Å². The Morgan fingerprint density at radius 3 is 1.31 bits per heavy atom. The Hall–Kier alpha value is -2.88. The normalized spacial score (nSPS) is 43.1. The van der Waals surface area contributed by atoms with Crippen LogP contribution in [-0.4, -0.2) is 23.1 Å². The van der Waals surface area contributed by atoms with Gasteiger partial charge in [0.25, 0.3) is 0 Å². The molecule has 4 heteroatoms. The van der Waals surface area contributed by atoms with Crippen LogP contribution < -0.4 is 0 Å². The van der Waals surface area contributed by atoms with Crippen LogP contribution in [0.3, 0.4) is 0 Å². The first kappa shape index (κ1) is 87.0. The number of ketones is 4. The van der Waals surface area contributed by atoms with Gasteiger partial charge in [-0.15, -0.1) is 0 Å². The second-order valence-electron chi connectivity index (χ2n) is 47.3. The van der Waals surface area contributed by atoms with E-state index in [1.165, 1.54) is 216 Å². The molecule has 112 heavy (non-hydrogen) atoms. The summed E-state index contributed by atoms with van der Waals surface area (Å²) in [5, 5.41) is 0. The van der Waals surface area contributed by atoms with Crippen LogP contribution in [0.2, 0.25) is 0 Å². The van der Waals surface area contributed by atoms with Gasteiger partial charge in [0.1, 0.15) is 5.78 Å². The molecule has 16 rings (SSSR count). The summed E-state index contributed by atoms with van der Waals surface area (Å²) in [4.78, 5) is 48.1. The third-order valence-electron chi connectivity index (χ3n) is 39.6. The van der Waals surface area contributed by atoms with Crippen LogP contribution in [-0.2, 0) is 19.2 Å². The van der Waals surface area contributed by atoms with Crippen LogP contribution in [0.25, 0.3) is 0 Å². The van der Waals surface area contributed by atoms with Crippen molar-refractivity contribution in [2.45, 2.75) is 402 Å². The molecule has 4 nitrogen and oxygen atoms in total. The molecule has 15 unspecified atom stereocenters. The largest absolute Gasteiger partial charge is 0.300 e. The molecule has 0 saturated heterocycles. The maximum Gasteiger partial charge on any atom is 0.156 e. The lowest BCUT2D eigenvalue weighted by Gasteiger charge is -2.58. The lowest BCUT2D eigenvalue weighted by atomic mass is 9.46. The topological polar surface area (TPSA) is 68.3 Å². The molecule has 16 aliphatic carbocycles. The Kier molecular flexibility index (Phi) is 26.9. The van der Waals surface area contributed by atoms with E-state index in [-0.39, 0.29) is 10.8 Å². The van der Waals surface area contributed by atoms with E-state index in [0.717, 1.165) is 188 Å². The molecule has 27 atom stereocenters. The Bertz CT molecular complexity index is 3520. The molecular weight excluding hydrogens is 1360 g/mol. The Labute approximate surface area is 689 Å². The lowest BCUT2D eigenvalue weighted by molar-refractivity contribution is -0.127. The van der Waals surface area contributed by atoms with Gasteiger partial charge < -0.3 is 0 Å². The van der Waals surface area contributed by atoms with E-state index >= 15 is 0 Å². The number of carbonyl (C=O) groups excluding carboxylic acids is 4. The van der Waals surface area contributed by atoms with Gasteiger partial charge in [-0.2, -0.15) is 0 Å². The molecule has 0 bridgehead atoms. The fourth-order valence-corrected chi connectivity index (χ4v) is 32.8. The van der Waals surface area contributed by atoms with Gasteiger partial charge in [0.2, 0.25) is 0 Å². The molecular formula is C108H172O4. The highest BCUT2D eigenvalue weighted by Gasteiger charge is 2.64. The van der Waals surface area contributed by atoms with Gasteiger partial charge in [-0.05, 0) is 357 Å². The van der Waals surface area contributed by atoms with E-state index in [9.17, 15) is 19.2 Å². The average Bonchev–Trinajstić information content (AvgIpc) is 1.39. The Morgan fingerprint density at radius 2 is 0.777 bits per heavy atom. The van der Waals surface area contributed by atoms with Crippen molar-refractivity contribution in [1.82, 2.24) is 0 Å². The van der Waals surface area contributed by atoms with Crippen molar-refractivity contribution in [3.63, 3.8) is 0 Å². The molecule has 0 spiro atoms. The standard InChI is InChI=1S/2C27H44O.2C27H42O/c4*1-18(2)7-6-8-19(3)23-11-12-24-22-10-9-20-17-21(28)13-15-26(20,4)25(22)14-16-27(23,24)5/h17-19,22-25H,6-16H2,1-5H3;10,18-20,23-25H,6-9,11-17H2,1-5H3;10,17-19,23-25H,6-9,11-16H2,1-5H3;9-10,17-19,22-25H,6-8,11-16H2,1-5H3/t19?,22?,23-,24?,25?,26+,27-;19?,20?,23-,24?,25?,26+,27-;19?,23-,24?,25?,26+,27-;19?,22?,23-,24?,25?,26+,27-/m1111/s1. The van der Waals surface area contributed by atoms with Gasteiger partial charge in [-0.1, -0.05) is 262 Å².